The van der Waals surface area contributed by atoms with Crippen LogP contribution in [0.2, 0.25) is 0 Å². The van der Waals surface area contributed by atoms with E-state index in [-0.39, 0.29) is 30.7 Å². The second kappa shape index (κ2) is 13.2. The maximum Gasteiger partial charge on any atom is 0.247 e. The van der Waals surface area contributed by atoms with E-state index in [1.165, 1.54) is 23.9 Å². The highest BCUT2D eigenvalue weighted by molar-refractivity contribution is 8.15. The molecule has 4 aromatic rings. The SMILES string of the molecule is O=C(Nc1ccc(C2SC(=Nc3cccc(F)c3)N(Cc3ccccn3)C2=O)cc1)[C@H]1CCCN1C(=O)Cc1ccccc1. The number of amides is 3. The third-order valence-corrected chi connectivity index (χ3v) is 8.81. The van der Waals surface area contributed by atoms with Crippen molar-refractivity contribution in [1.29, 1.82) is 0 Å². The molecule has 2 atom stereocenters. The Balaban J connectivity index is 1.15. The first-order valence-electron chi connectivity index (χ1n) is 14.4. The lowest BCUT2D eigenvalue weighted by atomic mass is 10.1. The van der Waals surface area contributed by atoms with Crippen molar-refractivity contribution in [3.8, 4) is 0 Å². The van der Waals surface area contributed by atoms with Crippen molar-refractivity contribution >= 4 is 46.0 Å². The van der Waals surface area contributed by atoms with Crippen LogP contribution in [0.5, 0.6) is 0 Å². The van der Waals surface area contributed by atoms with Crippen molar-refractivity contribution in [3.63, 3.8) is 0 Å². The zero-order valence-corrected chi connectivity index (χ0v) is 24.6. The van der Waals surface area contributed by atoms with Crippen LogP contribution in [0.25, 0.3) is 0 Å². The Morgan fingerprint density at radius 1 is 0.977 bits per heavy atom. The molecule has 1 aromatic heterocycles. The van der Waals surface area contributed by atoms with Crippen molar-refractivity contribution in [2.24, 2.45) is 4.99 Å². The molecule has 8 nitrogen and oxygen atoms in total. The maximum atomic E-state index is 13.9. The highest BCUT2D eigenvalue weighted by Crippen LogP contribution is 2.41. The van der Waals surface area contributed by atoms with Gasteiger partial charge in [0.05, 0.1) is 24.3 Å². The molecule has 2 saturated heterocycles. The fraction of sp³-hybridized carbons (Fsp3) is 0.206. The molecule has 3 aromatic carbocycles. The van der Waals surface area contributed by atoms with Crippen molar-refractivity contribution in [3.05, 3.63) is 126 Å². The number of amidine groups is 1. The number of carbonyl (C=O) groups excluding carboxylic acids is 3. The molecule has 0 saturated carbocycles. The zero-order chi connectivity index (χ0) is 30.5. The minimum absolute atomic E-state index is 0.0630. The number of likely N-dealkylation sites (tertiary alicyclic amines) is 1. The number of nitrogens with zero attached hydrogens (tertiary/aromatic N) is 4. The molecular formula is C34H30FN5O3S. The molecule has 0 radical (unpaired) electrons. The van der Waals surface area contributed by atoms with Crippen molar-refractivity contribution in [2.75, 3.05) is 11.9 Å². The number of anilines is 1. The third kappa shape index (κ3) is 6.70. The Labute approximate surface area is 259 Å². The fourth-order valence-corrected chi connectivity index (χ4v) is 6.56. The summed E-state index contributed by atoms with van der Waals surface area (Å²) >= 11 is 1.29. The van der Waals surface area contributed by atoms with Crippen LogP contribution >= 0.6 is 11.8 Å². The number of hydrogen-bond donors (Lipinski definition) is 1. The van der Waals surface area contributed by atoms with Gasteiger partial charge in [0.25, 0.3) is 0 Å². The van der Waals surface area contributed by atoms with E-state index in [2.05, 4.69) is 15.3 Å². The Kier molecular flexibility index (Phi) is 8.79. The van der Waals surface area contributed by atoms with Gasteiger partial charge in [0.2, 0.25) is 17.7 Å². The summed E-state index contributed by atoms with van der Waals surface area (Å²) in [6.07, 6.45) is 3.30. The van der Waals surface area contributed by atoms with Gasteiger partial charge >= 0.3 is 0 Å². The number of pyridine rings is 1. The van der Waals surface area contributed by atoms with Gasteiger partial charge in [-0.2, -0.15) is 0 Å². The number of hydrogen-bond acceptors (Lipinski definition) is 6. The number of carbonyl (C=O) groups is 3. The van der Waals surface area contributed by atoms with E-state index in [9.17, 15) is 18.8 Å². The molecule has 1 unspecified atom stereocenters. The molecule has 0 aliphatic carbocycles. The Morgan fingerprint density at radius 2 is 1.77 bits per heavy atom. The Morgan fingerprint density at radius 3 is 2.52 bits per heavy atom. The van der Waals surface area contributed by atoms with Gasteiger partial charge in [-0.1, -0.05) is 66.4 Å². The van der Waals surface area contributed by atoms with Gasteiger partial charge in [-0.15, -0.1) is 0 Å². The van der Waals surface area contributed by atoms with Gasteiger partial charge in [-0.25, -0.2) is 9.38 Å². The first-order chi connectivity index (χ1) is 21.4. The zero-order valence-electron chi connectivity index (χ0n) is 23.8. The number of rotatable bonds is 8. The molecule has 10 heteroatoms. The highest BCUT2D eigenvalue weighted by Gasteiger charge is 2.39. The molecule has 2 aliphatic heterocycles. The normalized spacial score (nSPS) is 19.0. The van der Waals surface area contributed by atoms with Gasteiger partial charge in [0.15, 0.2) is 5.17 Å². The molecule has 3 amide bonds. The van der Waals surface area contributed by atoms with E-state index in [1.807, 2.05) is 60.7 Å². The number of nitrogens with one attached hydrogen (secondary N) is 1. The van der Waals surface area contributed by atoms with Crippen molar-refractivity contribution in [2.45, 2.75) is 37.1 Å². The summed E-state index contributed by atoms with van der Waals surface area (Å²) in [4.78, 5) is 52.0. The number of benzene rings is 3. The molecule has 3 heterocycles. The quantitative estimate of drug-likeness (QED) is 0.269. The van der Waals surface area contributed by atoms with E-state index in [0.717, 1.165) is 17.5 Å². The predicted molar refractivity (Wildman–Crippen MR) is 169 cm³/mol. The van der Waals surface area contributed by atoms with Crippen LogP contribution in [0, 0.1) is 5.82 Å². The second-order valence-electron chi connectivity index (χ2n) is 10.6. The number of aromatic nitrogens is 1. The molecule has 1 N–H and O–H groups in total. The first-order valence-corrected chi connectivity index (χ1v) is 15.3. The van der Waals surface area contributed by atoms with Gasteiger partial charge in [0, 0.05) is 18.4 Å². The van der Waals surface area contributed by atoms with Crippen LogP contribution in [-0.2, 0) is 27.3 Å². The standard InChI is InChI=1S/C34H30FN5O3S/c35-25-10-6-12-27(21-25)38-34-40(22-28-11-4-5-18-36-28)33(43)31(44-34)24-14-16-26(17-15-24)37-32(42)29-13-7-19-39(29)30(41)20-23-8-2-1-3-9-23/h1-6,8-12,14-18,21,29,31H,7,13,19-20,22H2,(H,37,42)/t29-,31?/m1/s1. The summed E-state index contributed by atoms with van der Waals surface area (Å²) in [5, 5.41) is 2.83. The summed E-state index contributed by atoms with van der Waals surface area (Å²) in [5.74, 6) is -0.861. The molecule has 222 valence electrons. The van der Waals surface area contributed by atoms with Crippen LogP contribution in [0.1, 0.15) is 34.9 Å². The fourth-order valence-electron chi connectivity index (χ4n) is 5.38. The topological polar surface area (TPSA) is 95.0 Å². The summed E-state index contributed by atoms with van der Waals surface area (Å²) in [6, 6.07) is 27.6. The predicted octanol–water partition coefficient (Wildman–Crippen LogP) is 5.90. The Hall–Kier alpha value is -4.83. The molecule has 2 aliphatic rings. The molecule has 6 rings (SSSR count). The lowest BCUT2D eigenvalue weighted by molar-refractivity contribution is -0.136. The van der Waals surface area contributed by atoms with E-state index in [4.69, 9.17) is 0 Å². The molecule has 2 fully saturated rings. The first kappa shape index (κ1) is 29.3. The van der Waals surface area contributed by atoms with Gasteiger partial charge in [-0.05, 0) is 66.4 Å². The van der Waals surface area contributed by atoms with Crippen LogP contribution < -0.4 is 5.32 Å². The molecule has 0 bridgehead atoms. The minimum Gasteiger partial charge on any atom is -0.330 e. The largest absolute Gasteiger partial charge is 0.330 e. The maximum absolute atomic E-state index is 13.9. The second-order valence-corrected chi connectivity index (χ2v) is 11.7. The molecule has 44 heavy (non-hydrogen) atoms. The smallest absolute Gasteiger partial charge is 0.247 e. The minimum atomic E-state index is -0.572. The average Bonchev–Trinajstić information content (AvgIpc) is 3.64. The molecule has 0 spiro atoms. The van der Waals surface area contributed by atoms with Crippen molar-refractivity contribution in [1.82, 2.24) is 14.8 Å². The van der Waals surface area contributed by atoms with Crippen LogP contribution in [0.15, 0.2) is 108 Å². The highest BCUT2D eigenvalue weighted by atomic mass is 32.2. The van der Waals surface area contributed by atoms with Crippen molar-refractivity contribution < 1.29 is 18.8 Å². The number of halogens is 1. The summed E-state index contributed by atoms with van der Waals surface area (Å²) in [5.41, 5.74) is 3.36. The van der Waals surface area contributed by atoms with Crippen LogP contribution in [0.3, 0.4) is 0 Å². The van der Waals surface area contributed by atoms with Gasteiger partial charge in [0.1, 0.15) is 17.1 Å². The Bertz CT molecular complexity index is 1680. The number of thioether (sulfide) groups is 1. The van der Waals surface area contributed by atoms with E-state index >= 15 is 0 Å². The molecular weight excluding hydrogens is 577 g/mol. The average molecular weight is 608 g/mol. The van der Waals surface area contributed by atoms with E-state index in [0.29, 0.717) is 35.2 Å². The summed E-state index contributed by atoms with van der Waals surface area (Å²) < 4.78 is 13.9. The summed E-state index contributed by atoms with van der Waals surface area (Å²) in [6.45, 7) is 0.782. The number of aliphatic imine (C=N–C) groups is 1. The van der Waals surface area contributed by atoms with Crippen LogP contribution in [0.4, 0.5) is 15.8 Å². The van der Waals surface area contributed by atoms with Gasteiger partial charge < -0.3 is 10.2 Å². The summed E-state index contributed by atoms with van der Waals surface area (Å²) in [7, 11) is 0. The van der Waals surface area contributed by atoms with E-state index < -0.39 is 17.1 Å². The monoisotopic (exact) mass is 607 g/mol. The lowest BCUT2D eigenvalue weighted by Crippen LogP contribution is -2.43. The lowest BCUT2D eigenvalue weighted by Gasteiger charge is -2.24. The van der Waals surface area contributed by atoms with Crippen LogP contribution in [-0.4, -0.2) is 50.3 Å². The van der Waals surface area contributed by atoms with E-state index in [1.54, 1.807) is 40.3 Å². The van der Waals surface area contributed by atoms with Gasteiger partial charge in [-0.3, -0.25) is 24.3 Å². The third-order valence-electron chi connectivity index (χ3n) is 7.58.